The lowest BCUT2D eigenvalue weighted by molar-refractivity contribution is -0.116. The van der Waals surface area contributed by atoms with Crippen molar-refractivity contribution in [1.29, 1.82) is 0 Å². The van der Waals surface area contributed by atoms with E-state index in [1.165, 1.54) is 24.2 Å². The van der Waals surface area contributed by atoms with Crippen LogP contribution in [0.4, 0.5) is 5.13 Å². The summed E-state index contributed by atoms with van der Waals surface area (Å²) >= 11 is 1.50. The fourth-order valence-corrected chi connectivity index (χ4v) is 4.35. The van der Waals surface area contributed by atoms with Crippen LogP contribution >= 0.6 is 11.3 Å². The minimum Gasteiger partial charge on any atom is -0.441 e. The van der Waals surface area contributed by atoms with E-state index in [-0.39, 0.29) is 5.91 Å². The van der Waals surface area contributed by atoms with Crippen molar-refractivity contribution in [1.82, 2.24) is 14.9 Å². The highest BCUT2D eigenvalue weighted by Crippen LogP contribution is 2.22. The molecule has 1 saturated heterocycles. The molecule has 1 N–H and O–H groups in total. The van der Waals surface area contributed by atoms with Crippen molar-refractivity contribution in [2.24, 2.45) is 5.92 Å². The Hall–Kier alpha value is -2.51. The van der Waals surface area contributed by atoms with Gasteiger partial charge >= 0.3 is 0 Å². The molecule has 3 heterocycles. The zero-order valence-electron chi connectivity index (χ0n) is 17.3. The Bertz CT molecular complexity index is 945. The van der Waals surface area contributed by atoms with Gasteiger partial charge in [0.1, 0.15) is 0 Å². The minimum absolute atomic E-state index is 0.0162. The molecule has 1 amide bonds. The quantitative estimate of drug-likeness (QED) is 0.551. The fourth-order valence-electron chi connectivity index (χ4n) is 3.63. The van der Waals surface area contributed by atoms with E-state index >= 15 is 0 Å². The number of aryl methyl sites for hydroxylation is 1. The van der Waals surface area contributed by atoms with Gasteiger partial charge < -0.3 is 9.73 Å². The molecular weight excluding hydrogens is 396 g/mol. The molecule has 1 fully saturated rings. The van der Waals surface area contributed by atoms with Crippen molar-refractivity contribution in [2.75, 3.05) is 18.4 Å². The molecule has 0 atom stereocenters. The van der Waals surface area contributed by atoms with E-state index in [0.717, 1.165) is 42.6 Å². The summed E-state index contributed by atoms with van der Waals surface area (Å²) in [6.45, 7) is 5.45. The van der Waals surface area contributed by atoms with Crippen molar-refractivity contribution in [3.63, 3.8) is 0 Å². The van der Waals surface area contributed by atoms with Crippen LogP contribution in [0.3, 0.4) is 0 Å². The lowest BCUT2D eigenvalue weighted by Gasteiger charge is -2.29. The number of carbonyl (C=O) groups is 1. The number of rotatable bonds is 8. The molecule has 7 heteroatoms. The van der Waals surface area contributed by atoms with Gasteiger partial charge in [-0.05, 0) is 38.3 Å². The van der Waals surface area contributed by atoms with Crippen molar-refractivity contribution in [3.8, 4) is 11.3 Å². The van der Waals surface area contributed by atoms with Crippen molar-refractivity contribution in [3.05, 3.63) is 53.5 Å². The first-order valence-corrected chi connectivity index (χ1v) is 11.5. The standard InChI is InChI=1S/C23H28N4O2S/c1-17-10-12-27(13-11-17)15-19-16-30-23(25-19)26-21(28)8-5-9-22-24-14-20(29-22)18-6-3-2-4-7-18/h2-4,6-7,14,16-17H,5,8-13,15H2,1H3,(H,25,26,28). The van der Waals surface area contributed by atoms with E-state index < -0.39 is 0 Å². The van der Waals surface area contributed by atoms with E-state index in [0.29, 0.717) is 30.3 Å². The van der Waals surface area contributed by atoms with Crippen LogP contribution in [0, 0.1) is 5.92 Å². The number of hydrogen-bond donors (Lipinski definition) is 1. The summed E-state index contributed by atoms with van der Waals surface area (Å²) in [4.78, 5) is 23.6. The molecule has 6 nitrogen and oxygen atoms in total. The average Bonchev–Trinajstić information content (AvgIpc) is 3.40. The highest BCUT2D eigenvalue weighted by Gasteiger charge is 2.17. The molecule has 1 aromatic carbocycles. The van der Waals surface area contributed by atoms with Crippen LogP contribution in [0.5, 0.6) is 0 Å². The van der Waals surface area contributed by atoms with Crippen molar-refractivity contribution < 1.29 is 9.21 Å². The molecule has 2 aromatic heterocycles. The normalized spacial score (nSPS) is 15.4. The van der Waals surface area contributed by atoms with Crippen LogP contribution in [0.1, 0.15) is 44.2 Å². The Morgan fingerprint density at radius 2 is 2.07 bits per heavy atom. The second-order valence-electron chi connectivity index (χ2n) is 7.99. The Morgan fingerprint density at radius 1 is 1.27 bits per heavy atom. The predicted octanol–water partition coefficient (Wildman–Crippen LogP) is 4.99. The molecule has 3 aromatic rings. The fraction of sp³-hybridized carbons (Fsp3) is 0.435. The first kappa shape index (κ1) is 20.8. The number of amides is 1. The lowest BCUT2D eigenvalue weighted by atomic mass is 9.99. The maximum atomic E-state index is 12.3. The van der Waals surface area contributed by atoms with Gasteiger partial charge in [-0.2, -0.15) is 0 Å². The lowest BCUT2D eigenvalue weighted by Crippen LogP contribution is -2.32. The summed E-state index contributed by atoms with van der Waals surface area (Å²) in [6, 6.07) is 9.90. The maximum absolute atomic E-state index is 12.3. The third-order valence-electron chi connectivity index (χ3n) is 5.47. The monoisotopic (exact) mass is 424 g/mol. The number of carbonyl (C=O) groups excluding carboxylic acids is 1. The van der Waals surface area contributed by atoms with Crippen LogP contribution in [0.2, 0.25) is 0 Å². The van der Waals surface area contributed by atoms with Gasteiger partial charge in [-0.3, -0.25) is 9.69 Å². The van der Waals surface area contributed by atoms with Gasteiger partial charge in [0.05, 0.1) is 11.9 Å². The first-order valence-electron chi connectivity index (χ1n) is 10.6. The highest BCUT2D eigenvalue weighted by atomic mass is 32.1. The molecule has 158 valence electrons. The Kier molecular flexibility index (Phi) is 6.92. The number of nitrogens with zero attached hydrogens (tertiary/aromatic N) is 3. The summed E-state index contributed by atoms with van der Waals surface area (Å²) < 4.78 is 5.79. The number of hydrogen-bond acceptors (Lipinski definition) is 6. The van der Waals surface area contributed by atoms with Gasteiger partial charge in [0.25, 0.3) is 0 Å². The van der Waals surface area contributed by atoms with Crippen LogP contribution in [0.25, 0.3) is 11.3 Å². The van der Waals surface area contributed by atoms with Gasteiger partial charge in [0.15, 0.2) is 16.8 Å². The molecule has 4 rings (SSSR count). The third-order valence-corrected chi connectivity index (χ3v) is 6.27. The van der Waals surface area contributed by atoms with Crippen molar-refractivity contribution >= 4 is 22.4 Å². The smallest absolute Gasteiger partial charge is 0.226 e. The maximum Gasteiger partial charge on any atom is 0.226 e. The number of thiazole rings is 1. The Labute approximate surface area is 181 Å². The van der Waals surface area contributed by atoms with Gasteiger partial charge in [-0.25, -0.2) is 9.97 Å². The zero-order valence-corrected chi connectivity index (χ0v) is 18.2. The highest BCUT2D eigenvalue weighted by molar-refractivity contribution is 7.13. The molecule has 0 radical (unpaired) electrons. The topological polar surface area (TPSA) is 71.3 Å². The molecule has 1 aliphatic rings. The van der Waals surface area contributed by atoms with Crippen LogP contribution in [0.15, 0.2) is 46.3 Å². The van der Waals surface area contributed by atoms with E-state index in [1.54, 1.807) is 6.20 Å². The van der Waals surface area contributed by atoms with Crippen LogP contribution in [-0.2, 0) is 17.8 Å². The molecule has 1 aliphatic heterocycles. The van der Waals surface area contributed by atoms with Crippen LogP contribution in [-0.4, -0.2) is 33.9 Å². The van der Waals surface area contributed by atoms with Gasteiger partial charge in [0, 0.05) is 30.3 Å². The van der Waals surface area contributed by atoms with Gasteiger partial charge in [-0.1, -0.05) is 37.3 Å². The summed E-state index contributed by atoms with van der Waals surface area (Å²) in [5.74, 6) is 2.23. The average molecular weight is 425 g/mol. The molecule has 0 bridgehead atoms. The Morgan fingerprint density at radius 3 is 2.87 bits per heavy atom. The van der Waals surface area contributed by atoms with E-state index in [1.807, 2.05) is 35.7 Å². The largest absolute Gasteiger partial charge is 0.441 e. The molecule has 0 unspecified atom stereocenters. The molecule has 30 heavy (non-hydrogen) atoms. The second-order valence-corrected chi connectivity index (χ2v) is 8.85. The first-order chi connectivity index (χ1) is 14.7. The van der Waals surface area contributed by atoms with Gasteiger partial charge in [0.2, 0.25) is 5.91 Å². The number of aromatic nitrogens is 2. The SMILES string of the molecule is CC1CCN(Cc2csc(NC(=O)CCCc3ncc(-c4ccccc4)o3)n2)CC1. The van der Waals surface area contributed by atoms with E-state index in [4.69, 9.17) is 4.42 Å². The number of anilines is 1. The Balaban J connectivity index is 1.19. The molecule has 0 saturated carbocycles. The number of oxazole rings is 1. The summed E-state index contributed by atoms with van der Waals surface area (Å²) in [5.41, 5.74) is 2.05. The molecule has 0 spiro atoms. The summed E-state index contributed by atoms with van der Waals surface area (Å²) in [7, 11) is 0. The third kappa shape index (κ3) is 5.77. The van der Waals surface area contributed by atoms with Gasteiger partial charge in [-0.15, -0.1) is 11.3 Å². The summed E-state index contributed by atoms with van der Waals surface area (Å²) in [6.07, 6.45) is 5.99. The number of likely N-dealkylation sites (tertiary alicyclic amines) is 1. The van der Waals surface area contributed by atoms with Crippen LogP contribution < -0.4 is 5.32 Å². The zero-order chi connectivity index (χ0) is 20.8. The number of nitrogens with one attached hydrogen (secondary N) is 1. The molecule has 0 aliphatic carbocycles. The van der Waals surface area contributed by atoms with E-state index in [9.17, 15) is 4.79 Å². The second kappa shape index (κ2) is 10.00. The number of piperidine rings is 1. The van der Waals surface area contributed by atoms with E-state index in [2.05, 4.69) is 27.1 Å². The summed E-state index contributed by atoms with van der Waals surface area (Å²) in [5, 5.41) is 5.65. The minimum atomic E-state index is -0.0162. The number of benzene rings is 1. The predicted molar refractivity (Wildman–Crippen MR) is 119 cm³/mol. The van der Waals surface area contributed by atoms with Crippen molar-refractivity contribution in [2.45, 2.75) is 45.6 Å². The molecular formula is C23H28N4O2S.